The molecule has 0 fully saturated rings. The van der Waals surface area contributed by atoms with Gasteiger partial charge in [0.1, 0.15) is 0 Å². The predicted octanol–water partition coefficient (Wildman–Crippen LogP) is 3.91. The quantitative estimate of drug-likeness (QED) is 0.884. The van der Waals surface area contributed by atoms with Gasteiger partial charge in [-0.25, -0.2) is 0 Å². The number of alkyl halides is 3. The molecule has 0 radical (unpaired) electrons. The molecule has 0 aliphatic carbocycles. The number of hydrogen-bond donors (Lipinski definition) is 1. The van der Waals surface area contributed by atoms with Crippen molar-refractivity contribution in [3.05, 3.63) is 35.4 Å². The molecule has 1 aromatic rings. The molecule has 2 nitrogen and oxygen atoms in total. The van der Waals surface area contributed by atoms with Gasteiger partial charge in [0.15, 0.2) is 0 Å². The highest BCUT2D eigenvalue weighted by Gasteiger charge is 2.40. The van der Waals surface area contributed by atoms with E-state index in [1.54, 1.807) is 6.07 Å². The topological polar surface area (TPSA) is 35.2 Å². The Morgan fingerprint density at radius 3 is 2.11 bits per heavy atom. The summed E-state index contributed by atoms with van der Waals surface area (Å²) in [4.78, 5) is 0. The molecular formula is C14H20F3NO. The second kappa shape index (κ2) is 5.92. The summed E-state index contributed by atoms with van der Waals surface area (Å²) in [6.07, 6.45) is -3.31. The standard InChI is InChI=1S/C14H20F3NO/c1-4-13(5-2,19-3)12(18)10-8-6-7-9-11(10)14(15,16)17/h6-9,12H,4-5,18H2,1-3H3. The Hall–Kier alpha value is -1.07. The Morgan fingerprint density at radius 1 is 1.16 bits per heavy atom. The van der Waals surface area contributed by atoms with E-state index in [4.69, 9.17) is 10.5 Å². The summed E-state index contributed by atoms with van der Waals surface area (Å²) in [6.45, 7) is 3.73. The molecule has 0 bridgehead atoms. The number of methoxy groups -OCH3 is 1. The first-order valence-electron chi connectivity index (χ1n) is 6.29. The lowest BCUT2D eigenvalue weighted by atomic mass is 9.82. The van der Waals surface area contributed by atoms with Gasteiger partial charge in [-0.15, -0.1) is 0 Å². The third-order valence-corrected chi connectivity index (χ3v) is 3.77. The Balaban J connectivity index is 3.30. The lowest BCUT2D eigenvalue weighted by molar-refractivity contribution is -0.139. The van der Waals surface area contributed by atoms with Crippen LogP contribution in [0.25, 0.3) is 0 Å². The number of hydrogen-bond acceptors (Lipinski definition) is 2. The molecular weight excluding hydrogens is 255 g/mol. The first-order chi connectivity index (χ1) is 8.82. The van der Waals surface area contributed by atoms with Crippen LogP contribution in [0.3, 0.4) is 0 Å². The highest BCUT2D eigenvalue weighted by molar-refractivity contribution is 5.34. The van der Waals surface area contributed by atoms with Crippen LogP contribution in [0.15, 0.2) is 24.3 Å². The second-order valence-electron chi connectivity index (χ2n) is 4.54. The first kappa shape index (κ1) is 16.0. The minimum Gasteiger partial charge on any atom is -0.376 e. The van der Waals surface area contributed by atoms with E-state index < -0.39 is 23.4 Å². The molecule has 0 aliphatic rings. The number of benzene rings is 1. The fourth-order valence-corrected chi connectivity index (χ4v) is 2.42. The highest BCUT2D eigenvalue weighted by Crippen LogP contribution is 2.39. The van der Waals surface area contributed by atoms with Crippen LogP contribution in [0, 0.1) is 0 Å². The lowest BCUT2D eigenvalue weighted by Gasteiger charge is -2.37. The molecule has 5 heteroatoms. The van der Waals surface area contributed by atoms with Gasteiger partial charge in [0.05, 0.1) is 17.2 Å². The molecule has 0 amide bonds. The van der Waals surface area contributed by atoms with Crippen molar-refractivity contribution in [2.75, 3.05) is 7.11 Å². The molecule has 0 heterocycles. The van der Waals surface area contributed by atoms with Gasteiger partial charge >= 0.3 is 6.18 Å². The molecule has 0 saturated heterocycles. The normalized spacial score (nSPS) is 14.5. The van der Waals surface area contributed by atoms with E-state index in [0.717, 1.165) is 6.07 Å². The van der Waals surface area contributed by atoms with E-state index in [1.165, 1.54) is 19.2 Å². The van der Waals surface area contributed by atoms with Gasteiger partial charge in [-0.1, -0.05) is 32.0 Å². The van der Waals surface area contributed by atoms with Crippen LogP contribution < -0.4 is 5.73 Å². The number of nitrogens with two attached hydrogens (primary N) is 1. The van der Waals surface area contributed by atoms with Crippen LogP contribution in [-0.4, -0.2) is 12.7 Å². The minimum atomic E-state index is -4.41. The first-order valence-corrected chi connectivity index (χ1v) is 6.29. The zero-order chi connectivity index (χ0) is 14.7. The highest BCUT2D eigenvalue weighted by atomic mass is 19.4. The molecule has 1 aromatic carbocycles. The molecule has 0 aliphatic heterocycles. The Labute approximate surface area is 111 Å². The van der Waals surface area contributed by atoms with Crippen LogP contribution in [0.2, 0.25) is 0 Å². The van der Waals surface area contributed by atoms with Crippen molar-refractivity contribution in [3.63, 3.8) is 0 Å². The van der Waals surface area contributed by atoms with Crippen LogP contribution in [0.1, 0.15) is 43.9 Å². The van der Waals surface area contributed by atoms with Crippen LogP contribution in [0.5, 0.6) is 0 Å². The van der Waals surface area contributed by atoms with Crippen molar-refractivity contribution >= 4 is 0 Å². The molecule has 108 valence electrons. The average Bonchev–Trinajstić information content (AvgIpc) is 2.40. The summed E-state index contributed by atoms with van der Waals surface area (Å²) < 4.78 is 44.5. The van der Waals surface area contributed by atoms with E-state index in [-0.39, 0.29) is 5.56 Å². The summed E-state index contributed by atoms with van der Waals surface area (Å²) in [6, 6.07) is 4.60. The van der Waals surface area contributed by atoms with Gasteiger partial charge in [-0.05, 0) is 24.5 Å². The van der Waals surface area contributed by atoms with Crippen LogP contribution >= 0.6 is 0 Å². The maximum atomic E-state index is 13.0. The number of halogens is 3. The van der Waals surface area contributed by atoms with Gasteiger partial charge in [0, 0.05) is 7.11 Å². The smallest absolute Gasteiger partial charge is 0.376 e. The monoisotopic (exact) mass is 275 g/mol. The molecule has 2 N–H and O–H groups in total. The molecule has 0 spiro atoms. The van der Waals surface area contributed by atoms with Crippen LogP contribution in [-0.2, 0) is 10.9 Å². The minimum absolute atomic E-state index is 0.0838. The van der Waals surface area contributed by atoms with Gasteiger partial charge in [0.2, 0.25) is 0 Å². The predicted molar refractivity (Wildman–Crippen MR) is 68.7 cm³/mol. The van der Waals surface area contributed by atoms with Gasteiger partial charge in [0.25, 0.3) is 0 Å². The summed E-state index contributed by atoms with van der Waals surface area (Å²) >= 11 is 0. The third kappa shape index (κ3) is 3.09. The Bertz CT molecular complexity index is 405. The second-order valence-corrected chi connectivity index (χ2v) is 4.54. The van der Waals surface area contributed by atoms with Gasteiger partial charge in [-0.3, -0.25) is 0 Å². The molecule has 1 rings (SSSR count). The average molecular weight is 275 g/mol. The van der Waals surface area contributed by atoms with Crippen LogP contribution in [0.4, 0.5) is 13.2 Å². The van der Waals surface area contributed by atoms with Gasteiger partial charge in [-0.2, -0.15) is 13.2 Å². The summed E-state index contributed by atoms with van der Waals surface area (Å²) in [5.74, 6) is 0. The summed E-state index contributed by atoms with van der Waals surface area (Å²) in [7, 11) is 1.49. The maximum absolute atomic E-state index is 13.0. The van der Waals surface area contributed by atoms with E-state index in [1.807, 2.05) is 13.8 Å². The van der Waals surface area contributed by atoms with Crippen molar-refractivity contribution in [3.8, 4) is 0 Å². The number of ether oxygens (including phenoxy) is 1. The SMILES string of the molecule is CCC(CC)(OC)C(N)c1ccccc1C(F)(F)F. The van der Waals surface area contributed by atoms with E-state index in [0.29, 0.717) is 12.8 Å². The molecule has 0 aromatic heterocycles. The Morgan fingerprint density at radius 2 is 1.68 bits per heavy atom. The maximum Gasteiger partial charge on any atom is 0.416 e. The molecule has 1 atom stereocenters. The zero-order valence-corrected chi connectivity index (χ0v) is 11.4. The lowest BCUT2D eigenvalue weighted by Crippen LogP contribution is -2.42. The molecule has 1 unspecified atom stereocenters. The third-order valence-electron chi connectivity index (χ3n) is 3.77. The van der Waals surface area contributed by atoms with Crippen molar-refractivity contribution in [2.45, 2.75) is 44.5 Å². The zero-order valence-electron chi connectivity index (χ0n) is 11.4. The fourth-order valence-electron chi connectivity index (χ4n) is 2.42. The van der Waals surface area contributed by atoms with Crippen molar-refractivity contribution in [1.82, 2.24) is 0 Å². The molecule has 19 heavy (non-hydrogen) atoms. The van der Waals surface area contributed by atoms with E-state index in [2.05, 4.69) is 0 Å². The van der Waals surface area contributed by atoms with Crippen molar-refractivity contribution in [2.24, 2.45) is 5.73 Å². The van der Waals surface area contributed by atoms with E-state index in [9.17, 15) is 13.2 Å². The van der Waals surface area contributed by atoms with Crippen molar-refractivity contribution in [1.29, 1.82) is 0 Å². The number of rotatable bonds is 5. The fraction of sp³-hybridized carbons (Fsp3) is 0.571. The van der Waals surface area contributed by atoms with Gasteiger partial charge < -0.3 is 10.5 Å². The van der Waals surface area contributed by atoms with Crippen molar-refractivity contribution < 1.29 is 17.9 Å². The summed E-state index contributed by atoms with van der Waals surface area (Å²) in [5, 5.41) is 0. The Kier molecular flexibility index (Phi) is 4.98. The largest absolute Gasteiger partial charge is 0.416 e. The summed E-state index contributed by atoms with van der Waals surface area (Å²) in [5.41, 5.74) is 4.70. The van der Waals surface area contributed by atoms with E-state index >= 15 is 0 Å². The molecule has 0 saturated carbocycles.